The summed E-state index contributed by atoms with van der Waals surface area (Å²) in [4.78, 5) is 27.9. The molecule has 1 aromatic carbocycles. The fraction of sp³-hybridized carbons (Fsp3) is 0.214. The number of amides is 1. The number of nitrogens with zero attached hydrogens (tertiary/aromatic N) is 1. The lowest BCUT2D eigenvalue weighted by atomic mass is 10.1. The molecular formula is C14H13ClN2O4S. The molecule has 116 valence electrons. The lowest BCUT2D eigenvalue weighted by molar-refractivity contribution is 0.101. The molecule has 0 saturated heterocycles. The average molecular weight is 341 g/mol. The molecule has 0 radical (unpaired) electrons. The maximum Gasteiger partial charge on any atom is 0.275 e. The summed E-state index contributed by atoms with van der Waals surface area (Å²) in [5.74, 6) is -0.356. The Morgan fingerprint density at radius 1 is 1.27 bits per heavy atom. The number of thiazole rings is 1. The summed E-state index contributed by atoms with van der Waals surface area (Å²) in [5.41, 5.74) is 0.669. The Morgan fingerprint density at radius 3 is 2.55 bits per heavy atom. The molecular weight excluding hydrogens is 328 g/mol. The summed E-state index contributed by atoms with van der Waals surface area (Å²) in [6, 6.07) is 3.12. The Balaban J connectivity index is 2.38. The van der Waals surface area contributed by atoms with Gasteiger partial charge in [-0.25, -0.2) is 0 Å². The Kier molecular flexibility index (Phi) is 4.99. The number of methoxy groups -OCH3 is 2. The van der Waals surface area contributed by atoms with Gasteiger partial charge in [0.1, 0.15) is 16.5 Å². The van der Waals surface area contributed by atoms with E-state index >= 15 is 0 Å². The van der Waals surface area contributed by atoms with Gasteiger partial charge in [-0.15, -0.1) is 0 Å². The third-order valence-electron chi connectivity index (χ3n) is 2.83. The van der Waals surface area contributed by atoms with Crippen molar-refractivity contribution in [3.63, 3.8) is 0 Å². The molecule has 0 bridgehead atoms. The number of anilines is 1. The van der Waals surface area contributed by atoms with Crippen molar-refractivity contribution < 1.29 is 19.1 Å². The number of halogens is 1. The van der Waals surface area contributed by atoms with Crippen LogP contribution in [0.3, 0.4) is 0 Å². The van der Waals surface area contributed by atoms with Crippen LogP contribution in [0, 0.1) is 0 Å². The zero-order valence-corrected chi connectivity index (χ0v) is 13.7. The van der Waals surface area contributed by atoms with E-state index in [1.807, 2.05) is 0 Å². The van der Waals surface area contributed by atoms with E-state index in [9.17, 15) is 9.59 Å². The maximum atomic E-state index is 12.2. The standard InChI is InChI=1S/C14H13ClN2O4S/c1-7(18)8-4-5-10(20-2)11(15)12(8)17-13(19)9-6-22-14(16-9)21-3/h4-6H,1-3H3,(H,17,19). The van der Waals surface area contributed by atoms with Crippen LogP contribution in [0.15, 0.2) is 17.5 Å². The summed E-state index contributed by atoms with van der Waals surface area (Å²) in [5, 5.41) is 4.68. The molecule has 1 amide bonds. The molecule has 6 nitrogen and oxygen atoms in total. The highest BCUT2D eigenvalue weighted by Gasteiger charge is 2.19. The Bertz CT molecular complexity index is 730. The first-order valence-electron chi connectivity index (χ1n) is 6.16. The molecule has 1 aromatic heterocycles. The predicted octanol–water partition coefficient (Wildman–Crippen LogP) is 3.27. The third kappa shape index (κ3) is 3.20. The number of Topliss-reactive ketones (excluding diaryl/α,β-unsaturated/α-hetero) is 1. The summed E-state index contributed by atoms with van der Waals surface area (Å²) in [7, 11) is 2.92. The van der Waals surface area contributed by atoms with Crippen molar-refractivity contribution in [3.8, 4) is 10.9 Å². The molecule has 8 heteroatoms. The number of rotatable bonds is 5. The van der Waals surface area contributed by atoms with Crippen LogP contribution in [-0.4, -0.2) is 30.9 Å². The zero-order valence-electron chi connectivity index (χ0n) is 12.1. The molecule has 1 heterocycles. The molecule has 0 fully saturated rings. The van der Waals surface area contributed by atoms with Gasteiger partial charge >= 0.3 is 0 Å². The van der Waals surface area contributed by atoms with E-state index in [1.54, 1.807) is 17.5 Å². The van der Waals surface area contributed by atoms with E-state index in [2.05, 4.69) is 10.3 Å². The van der Waals surface area contributed by atoms with Crippen LogP contribution in [-0.2, 0) is 0 Å². The number of ketones is 1. The van der Waals surface area contributed by atoms with Gasteiger partial charge in [-0.2, -0.15) is 4.98 Å². The second-order valence-corrected chi connectivity index (χ2v) is 5.42. The number of ether oxygens (including phenoxy) is 2. The van der Waals surface area contributed by atoms with Gasteiger partial charge < -0.3 is 14.8 Å². The van der Waals surface area contributed by atoms with Crippen LogP contribution in [0.1, 0.15) is 27.8 Å². The Hall–Kier alpha value is -2.12. The molecule has 0 atom stereocenters. The van der Waals surface area contributed by atoms with Crippen molar-refractivity contribution in [2.75, 3.05) is 19.5 Å². The predicted molar refractivity (Wildman–Crippen MR) is 84.6 cm³/mol. The minimum atomic E-state index is -0.489. The highest BCUT2D eigenvalue weighted by atomic mass is 35.5. The normalized spacial score (nSPS) is 10.2. The largest absolute Gasteiger partial charge is 0.495 e. The molecule has 2 rings (SSSR count). The first-order chi connectivity index (χ1) is 10.5. The second kappa shape index (κ2) is 6.76. The molecule has 0 aliphatic heterocycles. The van der Waals surface area contributed by atoms with Gasteiger partial charge in [0.2, 0.25) is 0 Å². The first kappa shape index (κ1) is 16.3. The Labute approximate surface area is 136 Å². The smallest absolute Gasteiger partial charge is 0.275 e. The van der Waals surface area contributed by atoms with Crippen LogP contribution in [0.4, 0.5) is 5.69 Å². The highest BCUT2D eigenvalue weighted by molar-refractivity contribution is 7.11. The van der Waals surface area contributed by atoms with Gasteiger partial charge in [0.15, 0.2) is 5.78 Å². The number of hydrogen-bond acceptors (Lipinski definition) is 6. The molecule has 2 aromatic rings. The van der Waals surface area contributed by atoms with Crippen LogP contribution in [0.5, 0.6) is 10.9 Å². The van der Waals surface area contributed by atoms with E-state index in [-0.39, 0.29) is 22.2 Å². The van der Waals surface area contributed by atoms with Gasteiger partial charge in [-0.1, -0.05) is 22.9 Å². The fourth-order valence-corrected chi connectivity index (χ4v) is 2.67. The van der Waals surface area contributed by atoms with Crippen molar-refractivity contribution in [2.45, 2.75) is 6.92 Å². The average Bonchev–Trinajstić information content (AvgIpc) is 2.97. The van der Waals surface area contributed by atoms with Crippen LogP contribution in [0.25, 0.3) is 0 Å². The van der Waals surface area contributed by atoms with Crippen LogP contribution >= 0.6 is 22.9 Å². The Morgan fingerprint density at radius 2 is 2.00 bits per heavy atom. The number of carbonyl (C=O) groups excluding carboxylic acids is 2. The second-order valence-electron chi connectivity index (χ2n) is 4.22. The number of benzene rings is 1. The highest BCUT2D eigenvalue weighted by Crippen LogP contribution is 2.35. The van der Waals surface area contributed by atoms with Crippen LogP contribution < -0.4 is 14.8 Å². The van der Waals surface area contributed by atoms with Crippen molar-refractivity contribution in [1.82, 2.24) is 4.98 Å². The maximum absolute atomic E-state index is 12.2. The summed E-state index contributed by atoms with van der Waals surface area (Å²) in [6.07, 6.45) is 0. The topological polar surface area (TPSA) is 77.5 Å². The molecule has 0 aliphatic rings. The van der Waals surface area contributed by atoms with Crippen molar-refractivity contribution in [2.24, 2.45) is 0 Å². The summed E-state index contributed by atoms with van der Waals surface area (Å²) in [6.45, 7) is 1.39. The molecule has 0 aliphatic carbocycles. The van der Waals surface area contributed by atoms with E-state index in [0.29, 0.717) is 16.5 Å². The van der Waals surface area contributed by atoms with Crippen molar-refractivity contribution in [3.05, 3.63) is 33.8 Å². The van der Waals surface area contributed by atoms with Gasteiger partial charge in [0.05, 0.1) is 19.9 Å². The van der Waals surface area contributed by atoms with Crippen LogP contribution in [0.2, 0.25) is 5.02 Å². The first-order valence-corrected chi connectivity index (χ1v) is 7.42. The minimum Gasteiger partial charge on any atom is -0.495 e. The molecule has 0 spiro atoms. The lowest BCUT2D eigenvalue weighted by Crippen LogP contribution is -2.15. The van der Waals surface area contributed by atoms with Gasteiger partial charge in [-0.05, 0) is 19.1 Å². The van der Waals surface area contributed by atoms with E-state index in [4.69, 9.17) is 21.1 Å². The van der Waals surface area contributed by atoms with Crippen molar-refractivity contribution in [1.29, 1.82) is 0 Å². The number of hydrogen-bond donors (Lipinski definition) is 1. The van der Waals surface area contributed by atoms with E-state index in [0.717, 1.165) is 0 Å². The molecule has 0 unspecified atom stereocenters. The van der Waals surface area contributed by atoms with Gasteiger partial charge in [-0.3, -0.25) is 9.59 Å². The van der Waals surface area contributed by atoms with Crippen molar-refractivity contribution >= 4 is 40.3 Å². The molecule has 0 saturated carbocycles. The molecule has 22 heavy (non-hydrogen) atoms. The minimum absolute atomic E-state index is 0.158. The molecule has 1 N–H and O–H groups in total. The monoisotopic (exact) mass is 340 g/mol. The van der Waals surface area contributed by atoms with E-state index in [1.165, 1.54) is 32.5 Å². The van der Waals surface area contributed by atoms with Gasteiger partial charge in [0, 0.05) is 10.9 Å². The van der Waals surface area contributed by atoms with Gasteiger partial charge in [0.25, 0.3) is 11.1 Å². The quantitative estimate of drug-likeness (QED) is 0.845. The third-order valence-corrected chi connectivity index (χ3v) is 4.01. The lowest BCUT2D eigenvalue weighted by Gasteiger charge is -2.13. The zero-order chi connectivity index (χ0) is 16.3. The number of nitrogens with one attached hydrogen (secondary N) is 1. The van der Waals surface area contributed by atoms with E-state index < -0.39 is 5.91 Å². The number of carbonyl (C=O) groups is 2. The summed E-state index contributed by atoms with van der Waals surface area (Å²) < 4.78 is 10.0. The SMILES string of the molecule is COc1nc(C(=O)Nc2c(C(C)=O)ccc(OC)c2Cl)cs1. The number of aromatic nitrogens is 1. The summed E-state index contributed by atoms with van der Waals surface area (Å²) >= 11 is 7.38. The fourth-order valence-electron chi connectivity index (χ4n) is 1.76.